The molecule has 0 spiro atoms. The van der Waals surface area contributed by atoms with Gasteiger partial charge >= 0.3 is 0 Å². The van der Waals surface area contributed by atoms with Crippen LogP contribution in [0, 0.1) is 0 Å². The van der Waals surface area contributed by atoms with E-state index in [1.807, 2.05) is 0 Å². The molecule has 19 heavy (non-hydrogen) atoms. The lowest BCUT2D eigenvalue weighted by Gasteiger charge is -2.36. The average Bonchev–Trinajstić information content (AvgIpc) is 2.42. The summed E-state index contributed by atoms with van der Waals surface area (Å²) >= 11 is 8.99. The van der Waals surface area contributed by atoms with Crippen molar-refractivity contribution < 1.29 is 10.2 Å². The van der Waals surface area contributed by atoms with Crippen molar-refractivity contribution in [2.24, 2.45) is 0 Å². The van der Waals surface area contributed by atoms with Gasteiger partial charge in [-0.15, -0.1) is 0 Å². The van der Waals surface area contributed by atoms with Crippen molar-refractivity contribution in [3.8, 4) is 0 Å². The summed E-state index contributed by atoms with van der Waals surface area (Å²) in [5, 5.41) is 17.1. The predicted octanol–water partition coefficient (Wildman–Crippen LogP) is 5.48. The first-order chi connectivity index (χ1) is 9.20. The molecule has 2 nitrogen and oxygen atoms in total. The van der Waals surface area contributed by atoms with Crippen molar-refractivity contribution in [1.82, 2.24) is 0 Å². The van der Waals surface area contributed by atoms with Crippen molar-refractivity contribution in [1.29, 1.82) is 0 Å². The van der Waals surface area contributed by atoms with Crippen LogP contribution in [0.25, 0.3) is 0 Å². The Morgan fingerprint density at radius 3 is 1.47 bits per heavy atom. The minimum Gasteiger partial charge on any atom is -0.504 e. The molecule has 2 rings (SSSR count). The van der Waals surface area contributed by atoms with Crippen molar-refractivity contribution in [3.05, 3.63) is 0 Å². The summed E-state index contributed by atoms with van der Waals surface area (Å²) in [6, 6.07) is 0. The molecule has 0 aromatic heterocycles. The van der Waals surface area contributed by atoms with Crippen LogP contribution in [0.15, 0.2) is 0 Å². The monoisotopic (exact) mass is 320 g/mol. The van der Waals surface area contributed by atoms with Crippen LogP contribution in [0.2, 0.25) is 0 Å². The third-order valence-electron chi connectivity index (χ3n) is 4.16. The van der Waals surface area contributed by atoms with Gasteiger partial charge in [0.1, 0.15) is 5.55 Å². The summed E-state index contributed by atoms with van der Waals surface area (Å²) in [5.74, 6) is 0. The summed E-state index contributed by atoms with van der Waals surface area (Å²) in [6.45, 7) is 0. The van der Waals surface area contributed by atoms with E-state index in [0.29, 0.717) is 10.3 Å². The van der Waals surface area contributed by atoms with E-state index in [9.17, 15) is 5.11 Å². The van der Waals surface area contributed by atoms with Gasteiger partial charge in [0.15, 0.2) is 4.79 Å². The summed E-state index contributed by atoms with van der Waals surface area (Å²) < 4.78 is 0. The summed E-state index contributed by atoms with van der Waals surface area (Å²) in [7, 11) is -0.369. The highest BCUT2D eigenvalue weighted by molar-refractivity contribution is 7.98. The van der Waals surface area contributed by atoms with Crippen molar-refractivity contribution in [2.45, 2.75) is 75.5 Å². The Labute approximate surface area is 128 Å². The first-order valence-electron chi connectivity index (χ1n) is 7.29. The van der Waals surface area contributed by atoms with E-state index in [0.717, 1.165) is 11.3 Å². The average molecular weight is 320 g/mol. The van der Waals surface area contributed by atoms with Gasteiger partial charge in [-0.3, -0.25) is 0 Å². The molecule has 0 atom stereocenters. The number of thiocarbonyl (C=S) groups is 2. The molecule has 0 aromatic carbocycles. The van der Waals surface area contributed by atoms with Crippen LogP contribution >= 0.6 is 32.4 Å². The Morgan fingerprint density at radius 2 is 1.21 bits per heavy atom. The van der Waals surface area contributed by atoms with Gasteiger partial charge in [-0.25, -0.2) is 0 Å². The SMILES string of the molecule is OC(=S)P(C1CCCCC1)C1CCCCC1.OC=S. The zero-order valence-electron chi connectivity index (χ0n) is 11.5. The zero-order chi connectivity index (χ0) is 14.1. The molecule has 2 aliphatic rings. The van der Waals surface area contributed by atoms with Crippen LogP contribution in [0.5, 0.6) is 0 Å². The third kappa shape index (κ3) is 6.01. The second kappa shape index (κ2) is 10.0. The molecule has 0 aliphatic heterocycles. The molecule has 2 fully saturated rings. The smallest absolute Gasteiger partial charge is 0.179 e. The van der Waals surface area contributed by atoms with Gasteiger partial charge in [0.25, 0.3) is 0 Å². The van der Waals surface area contributed by atoms with Crippen molar-refractivity contribution in [3.63, 3.8) is 0 Å². The number of aliphatic hydroxyl groups excluding tert-OH is 2. The van der Waals surface area contributed by atoms with Crippen LogP contribution in [-0.4, -0.2) is 31.9 Å². The molecule has 110 valence electrons. The highest BCUT2D eigenvalue weighted by Gasteiger charge is 2.33. The minimum absolute atomic E-state index is 0.369. The largest absolute Gasteiger partial charge is 0.504 e. The second-order valence-corrected chi connectivity index (χ2v) is 8.98. The highest BCUT2D eigenvalue weighted by Crippen LogP contribution is 2.56. The van der Waals surface area contributed by atoms with Gasteiger partial charge in [-0.2, -0.15) is 0 Å². The lowest BCUT2D eigenvalue weighted by atomic mass is 9.99. The van der Waals surface area contributed by atoms with Gasteiger partial charge in [0.2, 0.25) is 0 Å². The third-order valence-corrected chi connectivity index (χ3v) is 7.84. The van der Waals surface area contributed by atoms with Crippen LogP contribution in [-0.2, 0) is 0 Å². The fraction of sp³-hybridized carbons (Fsp3) is 0.857. The molecule has 0 saturated heterocycles. The molecular formula is C14H25O2PS2. The first kappa shape index (κ1) is 17.3. The normalized spacial score (nSPS) is 21.5. The number of hydrogen-bond acceptors (Lipinski definition) is 2. The maximum absolute atomic E-state index is 9.88. The van der Waals surface area contributed by atoms with Gasteiger partial charge in [0, 0.05) is 0 Å². The quantitative estimate of drug-likeness (QED) is 0.534. The van der Waals surface area contributed by atoms with Crippen LogP contribution in [0.4, 0.5) is 0 Å². The van der Waals surface area contributed by atoms with E-state index < -0.39 is 0 Å². The van der Waals surface area contributed by atoms with E-state index >= 15 is 0 Å². The summed E-state index contributed by atoms with van der Waals surface area (Å²) in [4.78, 5) is 0.383. The number of aliphatic hydroxyl groups is 2. The van der Waals surface area contributed by atoms with Crippen LogP contribution in [0.1, 0.15) is 64.2 Å². The van der Waals surface area contributed by atoms with Gasteiger partial charge in [-0.05, 0) is 69.4 Å². The molecule has 0 heterocycles. The standard InChI is InChI=1S/C13H23OPS.CH2OS/c14-13(16)15(11-7-3-1-4-8-11)12-9-5-2-6-10-12;2-1-3/h11-12H,1-10H2,(H,14,16);1H,(H,2,3). The van der Waals surface area contributed by atoms with E-state index in [1.54, 1.807) is 0 Å². The molecule has 0 bridgehead atoms. The molecule has 0 amide bonds. The van der Waals surface area contributed by atoms with Crippen molar-refractivity contribution >= 4 is 42.7 Å². The predicted molar refractivity (Wildman–Crippen MR) is 92.2 cm³/mol. The lowest BCUT2D eigenvalue weighted by Crippen LogP contribution is -2.23. The topological polar surface area (TPSA) is 40.5 Å². The lowest BCUT2D eigenvalue weighted by molar-refractivity contribution is 0.483. The molecular weight excluding hydrogens is 295 g/mol. The van der Waals surface area contributed by atoms with Gasteiger partial charge < -0.3 is 10.2 Å². The summed E-state index contributed by atoms with van der Waals surface area (Å²) in [6.07, 6.45) is 13.5. The Bertz CT molecular complexity index is 257. The van der Waals surface area contributed by atoms with E-state index in [2.05, 4.69) is 12.2 Å². The molecule has 2 aliphatic carbocycles. The highest BCUT2D eigenvalue weighted by atomic mass is 32.1. The molecule has 2 N–H and O–H groups in total. The van der Waals surface area contributed by atoms with E-state index in [4.69, 9.17) is 17.3 Å². The van der Waals surface area contributed by atoms with E-state index in [1.165, 1.54) is 64.2 Å². The van der Waals surface area contributed by atoms with E-state index in [-0.39, 0.29) is 7.92 Å². The van der Waals surface area contributed by atoms with Gasteiger partial charge in [0.05, 0.1) is 0 Å². The Balaban J connectivity index is 0.000000550. The fourth-order valence-corrected chi connectivity index (χ4v) is 7.29. The zero-order valence-corrected chi connectivity index (χ0v) is 14.0. The van der Waals surface area contributed by atoms with Gasteiger partial charge in [-0.1, -0.05) is 38.5 Å². The summed E-state index contributed by atoms with van der Waals surface area (Å²) in [5.41, 5.74) is 2.09. The maximum Gasteiger partial charge on any atom is 0.179 e. The molecule has 5 heteroatoms. The Kier molecular flexibility index (Phi) is 9.10. The number of hydrogen-bond donors (Lipinski definition) is 2. The first-order valence-corrected chi connectivity index (χ1v) is 9.65. The van der Waals surface area contributed by atoms with Crippen molar-refractivity contribution in [2.75, 3.05) is 0 Å². The maximum atomic E-state index is 9.88. The molecule has 2 saturated carbocycles. The molecule has 0 aromatic rings. The Hall–Kier alpha value is 0.210. The number of rotatable bonds is 3. The van der Waals surface area contributed by atoms with Crippen LogP contribution in [0.3, 0.4) is 0 Å². The second-order valence-electron chi connectivity index (χ2n) is 5.38. The van der Waals surface area contributed by atoms with Crippen LogP contribution < -0.4 is 0 Å². The Morgan fingerprint density at radius 1 is 0.895 bits per heavy atom. The molecule has 0 unspecified atom stereocenters. The molecule has 0 radical (unpaired) electrons. The fourth-order valence-electron chi connectivity index (χ4n) is 3.33. The minimum atomic E-state index is -0.369.